The maximum Gasteiger partial charge on any atom is 0.168 e. The molecule has 2 N–H and O–H groups in total. The molecule has 27 heavy (non-hydrogen) atoms. The highest BCUT2D eigenvalue weighted by molar-refractivity contribution is 5.13. The fourth-order valence-corrected chi connectivity index (χ4v) is 3.22. The van der Waals surface area contributed by atoms with Gasteiger partial charge in [0.2, 0.25) is 0 Å². The highest BCUT2D eigenvalue weighted by Crippen LogP contribution is 2.33. The monoisotopic (exact) mass is 374 g/mol. The maximum absolute atomic E-state index is 10.2. The van der Waals surface area contributed by atoms with Crippen molar-refractivity contribution in [3.63, 3.8) is 0 Å². The Hall–Kier alpha value is -1.42. The molecule has 0 aromatic carbocycles. The second kappa shape index (κ2) is 12.1. The molecule has 0 saturated carbocycles. The zero-order valence-corrected chi connectivity index (χ0v) is 17.5. The summed E-state index contributed by atoms with van der Waals surface area (Å²) >= 11 is 0. The molecule has 152 valence electrons. The quantitative estimate of drug-likeness (QED) is 0.302. The van der Waals surface area contributed by atoms with Crippen molar-refractivity contribution in [2.24, 2.45) is 11.8 Å². The van der Waals surface area contributed by atoms with E-state index in [2.05, 4.69) is 50.8 Å². The summed E-state index contributed by atoms with van der Waals surface area (Å²) in [5, 5.41) is 20.3. The summed E-state index contributed by atoms with van der Waals surface area (Å²) < 4.78 is 5.70. The molecule has 1 fully saturated rings. The summed E-state index contributed by atoms with van der Waals surface area (Å²) in [5.41, 5.74) is 1.37. The first kappa shape index (κ1) is 23.6. The molecule has 0 aromatic heterocycles. The smallest absolute Gasteiger partial charge is 0.168 e. The van der Waals surface area contributed by atoms with Crippen molar-refractivity contribution in [3.8, 4) is 0 Å². The first-order chi connectivity index (χ1) is 12.8. The molecule has 0 radical (unpaired) electrons. The third kappa shape index (κ3) is 9.37. The molecule has 1 aliphatic heterocycles. The molecule has 0 aromatic rings. The van der Waals surface area contributed by atoms with Crippen LogP contribution in [0.3, 0.4) is 0 Å². The lowest BCUT2D eigenvalue weighted by Crippen LogP contribution is -2.50. The van der Waals surface area contributed by atoms with Gasteiger partial charge in [0.25, 0.3) is 0 Å². The first-order valence-electron chi connectivity index (χ1n) is 10.1. The van der Waals surface area contributed by atoms with Crippen LogP contribution in [0.15, 0.2) is 60.8 Å². The second-order valence-corrected chi connectivity index (χ2v) is 7.92. The van der Waals surface area contributed by atoms with Crippen molar-refractivity contribution >= 4 is 0 Å². The molecule has 5 atom stereocenters. The van der Waals surface area contributed by atoms with Crippen LogP contribution < -0.4 is 0 Å². The Morgan fingerprint density at radius 3 is 2.67 bits per heavy atom. The zero-order valence-electron chi connectivity index (χ0n) is 17.5. The van der Waals surface area contributed by atoms with E-state index in [1.54, 1.807) is 6.92 Å². The Kier molecular flexibility index (Phi) is 10.6. The molecular formula is C24H38O3. The van der Waals surface area contributed by atoms with Crippen LogP contribution in [0.4, 0.5) is 0 Å². The van der Waals surface area contributed by atoms with Crippen molar-refractivity contribution in [3.05, 3.63) is 60.8 Å². The van der Waals surface area contributed by atoms with Crippen LogP contribution in [0.2, 0.25) is 0 Å². The molecule has 1 unspecified atom stereocenters. The molecule has 0 aliphatic carbocycles. The number of rotatable bonds is 10. The normalized spacial score (nSPS) is 31.2. The number of hydrogen-bond donors (Lipinski definition) is 2. The Morgan fingerprint density at radius 2 is 2.00 bits per heavy atom. The van der Waals surface area contributed by atoms with E-state index >= 15 is 0 Å². The van der Waals surface area contributed by atoms with Gasteiger partial charge in [-0.2, -0.15) is 0 Å². The van der Waals surface area contributed by atoms with E-state index in [-0.39, 0.29) is 12.0 Å². The van der Waals surface area contributed by atoms with Crippen molar-refractivity contribution < 1.29 is 14.9 Å². The Labute approximate surface area is 165 Å². The Morgan fingerprint density at radius 1 is 1.26 bits per heavy atom. The molecule has 1 aliphatic rings. The molecular weight excluding hydrogens is 336 g/mol. The van der Waals surface area contributed by atoms with Gasteiger partial charge in [-0.25, -0.2) is 0 Å². The molecule has 0 spiro atoms. The highest BCUT2D eigenvalue weighted by atomic mass is 16.6. The number of hydrogen-bond acceptors (Lipinski definition) is 3. The van der Waals surface area contributed by atoms with Gasteiger partial charge in [0.1, 0.15) is 0 Å². The fraction of sp³-hybridized carbons (Fsp3) is 0.583. The summed E-state index contributed by atoms with van der Waals surface area (Å²) in [6.45, 7) is 11.5. The second-order valence-electron chi connectivity index (χ2n) is 7.92. The van der Waals surface area contributed by atoms with Crippen LogP contribution >= 0.6 is 0 Å². The van der Waals surface area contributed by atoms with Crippen LogP contribution in [0.5, 0.6) is 0 Å². The van der Waals surface area contributed by atoms with Gasteiger partial charge in [-0.05, 0) is 45.4 Å². The van der Waals surface area contributed by atoms with Crippen molar-refractivity contribution in [2.75, 3.05) is 0 Å². The summed E-state index contributed by atoms with van der Waals surface area (Å²) in [4.78, 5) is 0. The molecule has 3 nitrogen and oxygen atoms in total. The lowest BCUT2D eigenvalue weighted by atomic mass is 9.87. The van der Waals surface area contributed by atoms with Crippen molar-refractivity contribution in [2.45, 2.75) is 77.8 Å². The largest absolute Gasteiger partial charge is 0.393 e. The number of ether oxygens (including phenoxy) is 1. The van der Waals surface area contributed by atoms with E-state index in [4.69, 9.17) is 4.74 Å². The molecule has 3 heteroatoms. The van der Waals surface area contributed by atoms with Crippen molar-refractivity contribution in [1.82, 2.24) is 0 Å². The van der Waals surface area contributed by atoms with E-state index in [1.165, 1.54) is 5.57 Å². The molecule has 1 heterocycles. The van der Waals surface area contributed by atoms with Crippen LogP contribution in [0.25, 0.3) is 0 Å². The molecule has 0 bridgehead atoms. The lowest BCUT2D eigenvalue weighted by Gasteiger charge is -2.42. The van der Waals surface area contributed by atoms with Crippen LogP contribution in [-0.4, -0.2) is 28.2 Å². The SMILES string of the molecule is C=CCC/C=C/C=C(\C)CC(C)/C=C/C=C/C[C@@H]1C[C@H](O)[C@@H](C)[C@@](C)(O)O1. The van der Waals surface area contributed by atoms with Crippen LogP contribution in [0, 0.1) is 11.8 Å². The minimum absolute atomic E-state index is 0.147. The molecule has 1 saturated heterocycles. The lowest BCUT2D eigenvalue weighted by molar-refractivity contribution is -0.290. The standard InChI is InChI=1S/C24H38O3/c1-6-7-8-9-11-14-19(2)17-20(3)15-12-10-13-16-22-18-23(25)21(4)24(5,26)27-22/h6,9-15,20-23,25-26H,1,7-8,16-18H2,2-5H3/b11-9+,13-10+,15-12+,19-14+/t20?,21-,22-,23+,24+/m1/s1. The minimum Gasteiger partial charge on any atom is -0.393 e. The topological polar surface area (TPSA) is 49.7 Å². The third-order valence-electron chi connectivity index (χ3n) is 5.12. The van der Waals surface area contributed by atoms with Gasteiger partial charge in [0.15, 0.2) is 5.79 Å². The minimum atomic E-state index is -1.26. The van der Waals surface area contributed by atoms with Gasteiger partial charge in [-0.15, -0.1) is 6.58 Å². The molecule has 0 amide bonds. The number of allylic oxidation sites excluding steroid dienone is 8. The van der Waals surface area contributed by atoms with Crippen molar-refractivity contribution in [1.29, 1.82) is 0 Å². The van der Waals surface area contributed by atoms with E-state index in [1.807, 2.05) is 25.2 Å². The van der Waals surface area contributed by atoms with Gasteiger partial charge in [0.05, 0.1) is 12.2 Å². The van der Waals surface area contributed by atoms with Gasteiger partial charge >= 0.3 is 0 Å². The number of aliphatic hydroxyl groups is 2. The average Bonchev–Trinajstić information content (AvgIpc) is 2.58. The predicted octanol–water partition coefficient (Wildman–Crippen LogP) is 5.48. The zero-order chi connectivity index (χ0) is 20.3. The van der Waals surface area contributed by atoms with E-state index < -0.39 is 11.9 Å². The van der Waals surface area contributed by atoms with Gasteiger partial charge in [-0.1, -0.05) is 68.0 Å². The van der Waals surface area contributed by atoms with E-state index in [0.717, 1.165) is 19.3 Å². The van der Waals surface area contributed by atoms with Gasteiger partial charge in [-0.3, -0.25) is 0 Å². The summed E-state index contributed by atoms with van der Waals surface area (Å²) in [6, 6.07) is 0. The predicted molar refractivity (Wildman–Crippen MR) is 114 cm³/mol. The first-order valence-corrected chi connectivity index (χ1v) is 10.1. The molecule has 1 rings (SSSR count). The van der Waals surface area contributed by atoms with Gasteiger partial charge in [0, 0.05) is 12.3 Å². The average molecular weight is 375 g/mol. The Balaban J connectivity index is 2.35. The Bertz CT molecular complexity index is 554. The van der Waals surface area contributed by atoms with Gasteiger partial charge < -0.3 is 14.9 Å². The van der Waals surface area contributed by atoms with Crippen LogP contribution in [0.1, 0.15) is 59.8 Å². The summed E-state index contributed by atoms with van der Waals surface area (Å²) in [6.07, 6.45) is 20.4. The fourth-order valence-electron chi connectivity index (χ4n) is 3.22. The number of aliphatic hydroxyl groups excluding tert-OH is 1. The summed E-state index contributed by atoms with van der Waals surface area (Å²) in [5.74, 6) is -1.06. The maximum atomic E-state index is 10.2. The van der Waals surface area contributed by atoms with Crippen LogP contribution in [-0.2, 0) is 4.74 Å². The third-order valence-corrected chi connectivity index (χ3v) is 5.12. The summed E-state index contributed by atoms with van der Waals surface area (Å²) in [7, 11) is 0. The highest BCUT2D eigenvalue weighted by Gasteiger charge is 2.42. The number of unbranched alkanes of at least 4 members (excludes halogenated alkanes) is 1. The van der Waals surface area contributed by atoms with E-state index in [9.17, 15) is 10.2 Å². The van der Waals surface area contributed by atoms with E-state index in [0.29, 0.717) is 18.8 Å².